The van der Waals surface area contributed by atoms with Gasteiger partial charge in [0.1, 0.15) is 18.1 Å². The van der Waals surface area contributed by atoms with E-state index in [4.69, 9.17) is 5.73 Å². The topological polar surface area (TPSA) is 204 Å². The Bertz CT molecular complexity index is 1410. The Morgan fingerprint density at radius 1 is 0.786 bits per heavy atom. The van der Waals surface area contributed by atoms with Crippen LogP contribution in [0.4, 0.5) is 0 Å². The van der Waals surface area contributed by atoms with Gasteiger partial charge in [0.25, 0.3) is 0 Å². The number of rotatable bonds is 15. The minimum Gasteiger partial charge on any atom is -0.481 e. The smallest absolute Gasteiger partial charge is 0.326 e. The van der Waals surface area contributed by atoms with Gasteiger partial charge in [0.2, 0.25) is 17.7 Å². The van der Waals surface area contributed by atoms with Gasteiger partial charge in [0, 0.05) is 29.9 Å². The van der Waals surface area contributed by atoms with Gasteiger partial charge in [0.05, 0.1) is 12.5 Å². The van der Waals surface area contributed by atoms with Crippen LogP contribution in [-0.4, -0.2) is 69.0 Å². The van der Waals surface area contributed by atoms with Crippen molar-refractivity contribution >= 4 is 40.6 Å². The molecule has 3 aromatic rings. The summed E-state index contributed by atoms with van der Waals surface area (Å²) in [6, 6.07) is 11.0. The van der Waals surface area contributed by atoms with E-state index >= 15 is 0 Å². The van der Waals surface area contributed by atoms with Crippen LogP contribution < -0.4 is 21.7 Å². The maximum atomic E-state index is 13.4. The Hall–Kier alpha value is -4.71. The van der Waals surface area contributed by atoms with Crippen LogP contribution >= 0.6 is 0 Å². The lowest BCUT2D eigenvalue weighted by Crippen LogP contribution is -2.58. The third kappa shape index (κ3) is 9.16. The SMILES string of the molecule is CC(C)CC(N)C(=O)NC(Cc1ccccc1)C(=O)NC(CC(=O)O)C(=O)NC(Cc1c[nH]c2ccccc12)C(=O)O. The predicted octanol–water partition coefficient (Wildman–Crippen LogP) is 1.34. The van der Waals surface area contributed by atoms with Crippen molar-refractivity contribution in [3.8, 4) is 0 Å². The Balaban J connectivity index is 1.78. The van der Waals surface area contributed by atoms with E-state index in [0.717, 1.165) is 10.9 Å². The van der Waals surface area contributed by atoms with E-state index in [1.807, 2.05) is 32.0 Å². The number of fused-ring (bicyclic) bond motifs is 1. The summed E-state index contributed by atoms with van der Waals surface area (Å²) >= 11 is 0. The average Bonchev–Trinajstić information content (AvgIpc) is 3.34. The molecule has 0 radical (unpaired) electrons. The molecule has 2 aromatic carbocycles. The van der Waals surface area contributed by atoms with Crippen molar-refractivity contribution in [3.63, 3.8) is 0 Å². The molecule has 0 bridgehead atoms. The van der Waals surface area contributed by atoms with Crippen molar-refractivity contribution < 1.29 is 34.2 Å². The number of aromatic amines is 1. The number of carboxylic acid groups (broad SMARTS) is 2. The first-order valence-electron chi connectivity index (χ1n) is 13.6. The number of para-hydroxylation sites is 1. The molecule has 0 saturated carbocycles. The minimum absolute atomic E-state index is 0.0482. The molecule has 1 aromatic heterocycles. The zero-order valence-corrected chi connectivity index (χ0v) is 23.5. The maximum absolute atomic E-state index is 13.4. The van der Waals surface area contributed by atoms with Crippen LogP contribution in [-0.2, 0) is 36.8 Å². The molecule has 224 valence electrons. The number of carbonyl (C=O) groups is 5. The molecule has 4 atom stereocenters. The number of aliphatic carboxylic acids is 2. The number of nitrogens with one attached hydrogen (secondary N) is 4. The van der Waals surface area contributed by atoms with Crippen LogP contribution in [0, 0.1) is 5.92 Å². The second kappa shape index (κ2) is 14.8. The zero-order chi connectivity index (χ0) is 30.8. The van der Waals surface area contributed by atoms with Crippen molar-refractivity contribution in [2.45, 2.75) is 63.7 Å². The third-order valence-electron chi connectivity index (χ3n) is 6.70. The first-order valence-corrected chi connectivity index (χ1v) is 13.6. The monoisotopic (exact) mass is 579 g/mol. The van der Waals surface area contributed by atoms with E-state index in [-0.39, 0.29) is 18.8 Å². The van der Waals surface area contributed by atoms with Crippen LogP contribution in [0.3, 0.4) is 0 Å². The number of carboxylic acids is 2. The van der Waals surface area contributed by atoms with Crippen LogP contribution in [0.2, 0.25) is 0 Å². The fourth-order valence-electron chi connectivity index (χ4n) is 4.60. The fraction of sp³-hybridized carbons (Fsp3) is 0.367. The number of carbonyl (C=O) groups excluding carboxylic acids is 3. The van der Waals surface area contributed by atoms with E-state index in [1.54, 1.807) is 42.6 Å². The molecule has 1 heterocycles. The Labute approximate surface area is 243 Å². The molecular formula is C30H37N5O7. The van der Waals surface area contributed by atoms with E-state index in [9.17, 15) is 34.2 Å². The quantitative estimate of drug-likeness (QED) is 0.140. The number of nitrogens with two attached hydrogens (primary N) is 1. The molecule has 3 amide bonds. The summed E-state index contributed by atoms with van der Waals surface area (Å²) in [5.74, 6) is -4.96. The molecule has 0 fully saturated rings. The molecule has 12 heteroatoms. The molecule has 4 unspecified atom stereocenters. The normalized spacial score (nSPS) is 14.0. The summed E-state index contributed by atoms with van der Waals surface area (Å²) in [5.41, 5.74) is 8.14. The molecule has 3 rings (SSSR count). The van der Waals surface area contributed by atoms with Gasteiger partial charge in [-0.2, -0.15) is 0 Å². The maximum Gasteiger partial charge on any atom is 0.326 e. The van der Waals surface area contributed by atoms with Crippen molar-refractivity contribution in [3.05, 3.63) is 71.9 Å². The van der Waals surface area contributed by atoms with Gasteiger partial charge in [-0.15, -0.1) is 0 Å². The van der Waals surface area contributed by atoms with Gasteiger partial charge >= 0.3 is 11.9 Å². The largest absolute Gasteiger partial charge is 0.481 e. The number of amides is 3. The highest BCUT2D eigenvalue weighted by Crippen LogP contribution is 2.19. The molecule has 0 saturated heterocycles. The molecule has 42 heavy (non-hydrogen) atoms. The molecular weight excluding hydrogens is 542 g/mol. The lowest BCUT2D eigenvalue weighted by atomic mass is 10.0. The van der Waals surface area contributed by atoms with Crippen molar-refractivity contribution in [2.24, 2.45) is 11.7 Å². The number of benzene rings is 2. The Morgan fingerprint density at radius 2 is 1.38 bits per heavy atom. The molecule has 0 spiro atoms. The van der Waals surface area contributed by atoms with Crippen molar-refractivity contribution in [1.29, 1.82) is 0 Å². The van der Waals surface area contributed by atoms with Crippen molar-refractivity contribution in [1.82, 2.24) is 20.9 Å². The van der Waals surface area contributed by atoms with Gasteiger partial charge in [-0.05, 0) is 29.5 Å². The van der Waals surface area contributed by atoms with Crippen LogP contribution in [0.25, 0.3) is 10.9 Å². The van der Waals surface area contributed by atoms with Gasteiger partial charge in [-0.3, -0.25) is 19.2 Å². The first-order chi connectivity index (χ1) is 19.9. The van der Waals surface area contributed by atoms with E-state index < -0.39 is 60.2 Å². The molecule has 12 nitrogen and oxygen atoms in total. The standard InChI is InChI=1S/C30H37N5O7/c1-17(2)12-21(31)27(38)33-23(13-18-8-4-3-5-9-18)28(39)34-24(15-26(36)37)29(40)35-25(30(41)42)14-19-16-32-22-11-7-6-10-20(19)22/h3-11,16-17,21,23-25,32H,12-15,31H2,1-2H3,(H,33,38)(H,34,39)(H,35,40)(H,36,37)(H,41,42). The number of aromatic nitrogens is 1. The minimum atomic E-state index is -1.61. The molecule has 8 N–H and O–H groups in total. The second-order valence-corrected chi connectivity index (χ2v) is 10.6. The molecule has 0 aliphatic heterocycles. The predicted molar refractivity (Wildman–Crippen MR) is 155 cm³/mol. The Kier molecular flexibility index (Phi) is 11.2. The van der Waals surface area contributed by atoms with Crippen LogP contribution in [0.15, 0.2) is 60.8 Å². The molecule has 0 aliphatic carbocycles. The second-order valence-electron chi connectivity index (χ2n) is 10.6. The lowest BCUT2D eigenvalue weighted by molar-refractivity contribution is -0.143. The van der Waals surface area contributed by atoms with E-state index in [0.29, 0.717) is 17.5 Å². The highest BCUT2D eigenvalue weighted by atomic mass is 16.4. The van der Waals surface area contributed by atoms with Crippen LogP contribution in [0.1, 0.15) is 37.8 Å². The summed E-state index contributed by atoms with van der Waals surface area (Å²) in [5, 5.41) is 27.4. The zero-order valence-electron chi connectivity index (χ0n) is 23.5. The van der Waals surface area contributed by atoms with Crippen molar-refractivity contribution in [2.75, 3.05) is 0 Å². The van der Waals surface area contributed by atoms with Gasteiger partial charge in [-0.1, -0.05) is 62.4 Å². The number of H-pyrrole nitrogens is 1. The summed E-state index contributed by atoms with van der Waals surface area (Å²) in [7, 11) is 0. The summed E-state index contributed by atoms with van der Waals surface area (Å²) in [6.45, 7) is 3.80. The lowest BCUT2D eigenvalue weighted by Gasteiger charge is -2.25. The van der Waals surface area contributed by atoms with Crippen LogP contribution in [0.5, 0.6) is 0 Å². The first kappa shape index (κ1) is 31.8. The van der Waals surface area contributed by atoms with E-state index in [1.165, 1.54) is 0 Å². The summed E-state index contributed by atoms with van der Waals surface area (Å²) in [6.07, 6.45) is 1.17. The van der Waals surface area contributed by atoms with Gasteiger partial charge in [0.15, 0.2) is 0 Å². The average molecular weight is 580 g/mol. The molecule has 0 aliphatic rings. The highest BCUT2D eigenvalue weighted by Gasteiger charge is 2.32. The number of hydrogen-bond acceptors (Lipinski definition) is 6. The summed E-state index contributed by atoms with van der Waals surface area (Å²) < 4.78 is 0. The van der Waals surface area contributed by atoms with Gasteiger partial charge < -0.3 is 36.9 Å². The summed E-state index contributed by atoms with van der Waals surface area (Å²) in [4.78, 5) is 66.1. The van der Waals surface area contributed by atoms with Gasteiger partial charge in [-0.25, -0.2) is 4.79 Å². The fourth-order valence-corrected chi connectivity index (χ4v) is 4.60. The number of hydrogen-bond donors (Lipinski definition) is 7. The highest BCUT2D eigenvalue weighted by molar-refractivity contribution is 5.96. The van der Waals surface area contributed by atoms with E-state index in [2.05, 4.69) is 20.9 Å². The third-order valence-corrected chi connectivity index (χ3v) is 6.70. The Morgan fingerprint density at radius 3 is 2.02 bits per heavy atom.